The van der Waals surface area contributed by atoms with Crippen LogP contribution in [0.15, 0.2) is 36.0 Å². The van der Waals surface area contributed by atoms with Crippen molar-refractivity contribution in [3.63, 3.8) is 0 Å². The van der Waals surface area contributed by atoms with Gasteiger partial charge in [-0.2, -0.15) is 0 Å². The molecule has 0 aromatic rings. The van der Waals surface area contributed by atoms with E-state index in [1.54, 1.807) is 34.1 Å². The standard InChI is InChI=1S/C41H72O11/c1-10-50-39(45)19-15-25(2)14-17-31(42)21-32-12-11-13-33(52-32)23-38(49-9)28(5)36(43)24-37(44)29(6)41(47)30(7)40(46)26(3)16-18-34-22-35(48-8)20-27(4)51-34/h11-12,14-15,19,26-38,40-44,46-47H,10,13,16-18,20-24H2,1-9H3/b19-15+,25-14+/t26-,27-,28-,29-,30-,31-,32-,33-,34-,35+,36-,37+,38-,40-,41-/m0/s1. The highest BCUT2D eigenvalue weighted by atomic mass is 16.5. The molecule has 2 heterocycles. The summed E-state index contributed by atoms with van der Waals surface area (Å²) < 4.78 is 28.6. The maximum Gasteiger partial charge on any atom is 0.330 e. The number of hydrogen-bond donors (Lipinski definition) is 5. The predicted molar refractivity (Wildman–Crippen MR) is 202 cm³/mol. The van der Waals surface area contributed by atoms with E-state index in [2.05, 4.69) is 6.92 Å². The van der Waals surface area contributed by atoms with Crippen molar-refractivity contribution in [1.29, 1.82) is 0 Å². The lowest BCUT2D eigenvalue weighted by Crippen LogP contribution is -2.43. The molecule has 0 aromatic heterocycles. The molecule has 0 amide bonds. The second-order valence-electron chi connectivity index (χ2n) is 15.5. The van der Waals surface area contributed by atoms with E-state index < -0.39 is 48.3 Å². The Bertz CT molecular complexity index is 1090. The van der Waals surface area contributed by atoms with Crippen molar-refractivity contribution < 1.29 is 54.0 Å². The highest BCUT2D eigenvalue weighted by Crippen LogP contribution is 2.31. The highest BCUT2D eigenvalue weighted by Gasteiger charge is 2.37. The molecule has 1 fully saturated rings. The van der Waals surface area contributed by atoms with E-state index >= 15 is 0 Å². The number of methoxy groups -OCH3 is 2. The van der Waals surface area contributed by atoms with Crippen molar-refractivity contribution in [1.82, 2.24) is 0 Å². The number of hydrogen-bond acceptors (Lipinski definition) is 11. The van der Waals surface area contributed by atoms with Crippen LogP contribution in [0.2, 0.25) is 0 Å². The van der Waals surface area contributed by atoms with Crippen LogP contribution in [0.4, 0.5) is 0 Å². The number of ether oxygens (including phenoxy) is 5. The molecule has 5 N–H and O–H groups in total. The summed E-state index contributed by atoms with van der Waals surface area (Å²) in [6.45, 7) is 13.4. The van der Waals surface area contributed by atoms with Gasteiger partial charge in [-0.1, -0.05) is 57.6 Å². The van der Waals surface area contributed by atoms with Gasteiger partial charge in [0.1, 0.15) is 0 Å². The lowest BCUT2D eigenvalue weighted by atomic mass is 9.79. The molecule has 11 nitrogen and oxygen atoms in total. The Morgan fingerprint density at radius 3 is 2.25 bits per heavy atom. The molecule has 0 aromatic carbocycles. The van der Waals surface area contributed by atoms with Gasteiger partial charge in [0.05, 0.1) is 73.8 Å². The normalized spacial score (nSPS) is 28.7. The minimum absolute atomic E-state index is 0.0532. The fourth-order valence-corrected chi connectivity index (χ4v) is 7.49. The number of esters is 1. The largest absolute Gasteiger partial charge is 0.463 e. The van der Waals surface area contributed by atoms with Gasteiger partial charge in [0.25, 0.3) is 0 Å². The molecular weight excluding hydrogens is 668 g/mol. The maximum absolute atomic E-state index is 11.5. The molecule has 0 aliphatic carbocycles. The topological polar surface area (TPSA) is 164 Å². The van der Waals surface area contributed by atoms with Crippen LogP contribution >= 0.6 is 0 Å². The van der Waals surface area contributed by atoms with Gasteiger partial charge in [0, 0.05) is 50.9 Å². The summed E-state index contributed by atoms with van der Waals surface area (Å²) >= 11 is 0. The van der Waals surface area contributed by atoms with Crippen LogP contribution in [-0.4, -0.2) is 119 Å². The molecule has 52 heavy (non-hydrogen) atoms. The first-order chi connectivity index (χ1) is 24.6. The maximum atomic E-state index is 11.5. The van der Waals surface area contributed by atoms with Gasteiger partial charge in [-0.15, -0.1) is 0 Å². The van der Waals surface area contributed by atoms with E-state index in [-0.39, 0.29) is 54.9 Å². The molecular formula is C41H72O11. The Morgan fingerprint density at radius 1 is 0.904 bits per heavy atom. The summed E-state index contributed by atoms with van der Waals surface area (Å²) in [5.41, 5.74) is 0.851. The fourth-order valence-electron chi connectivity index (χ4n) is 7.49. The molecule has 2 aliphatic heterocycles. The van der Waals surface area contributed by atoms with Crippen LogP contribution in [-0.2, 0) is 28.5 Å². The zero-order chi connectivity index (χ0) is 39.0. The Morgan fingerprint density at radius 2 is 1.60 bits per heavy atom. The molecule has 0 bridgehead atoms. The van der Waals surface area contributed by atoms with Crippen molar-refractivity contribution >= 4 is 5.97 Å². The minimum Gasteiger partial charge on any atom is -0.463 e. The van der Waals surface area contributed by atoms with Gasteiger partial charge in [0.15, 0.2) is 0 Å². The van der Waals surface area contributed by atoms with Crippen molar-refractivity contribution in [2.75, 3.05) is 20.8 Å². The van der Waals surface area contributed by atoms with E-state index in [1.165, 1.54) is 6.08 Å². The molecule has 0 spiro atoms. The zero-order valence-electron chi connectivity index (χ0n) is 33.3. The lowest BCUT2D eigenvalue weighted by molar-refractivity contribution is -0.137. The molecule has 0 unspecified atom stereocenters. The minimum atomic E-state index is -0.990. The van der Waals surface area contributed by atoms with E-state index in [0.717, 1.165) is 31.3 Å². The molecule has 302 valence electrons. The summed E-state index contributed by atoms with van der Waals surface area (Å²) in [6, 6.07) is 0. The number of aliphatic hydroxyl groups excluding tert-OH is 5. The van der Waals surface area contributed by atoms with E-state index in [0.29, 0.717) is 32.3 Å². The van der Waals surface area contributed by atoms with E-state index in [9.17, 15) is 30.3 Å². The molecule has 1 saturated heterocycles. The van der Waals surface area contributed by atoms with Gasteiger partial charge >= 0.3 is 5.97 Å². The van der Waals surface area contributed by atoms with Crippen molar-refractivity contribution in [3.8, 4) is 0 Å². The van der Waals surface area contributed by atoms with Crippen molar-refractivity contribution in [2.24, 2.45) is 23.7 Å². The average molecular weight is 741 g/mol. The molecule has 11 heteroatoms. The quantitative estimate of drug-likeness (QED) is 0.0412. The lowest BCUT2D eigenvalue weighted by Gasteiger charge is -2.37. The third kappa shape index (κ3) is 16.0. The van der Waals surface area contributed by atoms with Crippen LogP contribution in [0.5, 0.6) is 0 Å². The van der Waals surface area contributed by atoms with Gasteiger partial charge in [-0.25, -0.2) is 4.79 Å². The SMILES string of the molecule is CCOC(=O)/C=C/C(C)=C/C[C@H](O)C[C@@H]1C=CC[C@@H](C[C@H](OC)[C@@H](C)[C@@H](O)C[C@@H](O)[C@H](C)[C@H](O)[C@@H](C)[C@@H](O)[C@@H](C)CC[C@H]2C[C@H](OC)C[C@H](C)O2)O1. The fraction of sp³-hybridized carbons (Fsp3) is 0.829. The highest BCUT2D eigenvalue weighted by molar-refractivity contribution is 5.82. The van der Waals surface area contributed by atoms with Crippen LogP contribution in [0, 0.1) is 23.7 Å². The summed E-state index contributed by atoms with van der Waals surface area (Å²) in [6.07, 6.45) is 9.63. The predicted octanol–water partition coefficient (Wildman–Crippen LogP) is 5.05. The first-order valence-electron chi connectivity index (χ1n) is 19.5. The van der Waals surface area contributed by atoms with Crippen molar-refractivity contribution in [2.45, 2.75) is 173 Å². The van der Waals surface area contributed by atoms with Crippen LogP contribution < -0.4 is 0 Å². The van der Waals surface area contributed by atoms with Crippen molar-refractivity contribution in [3.05, 3.63) is 36.0 Å². The van der Waals surface area contributed by atoms with Gasteiger partial charge < -0.3 is 49.2 Å². The summed E-state index contributed by atoms with van der Waals surface area (Å²) in [7, 11) is 3.33. The zero-order valence-corrected chi connectivity index (χ0v) is 33.3. The Kier molecular flexibility index (Phi) is 21.4. The third-order valence-corrected chi connectivity index (χ3v) is 11.2. The van der Waals surface area contributed by atoms with Crippen LogP contribution in [0.3, 0.4) is 0 Å². The number of allylic oxidation sites excluding steroid dienone is 2. The first kappa shape index (κ1) is 46.5. The second-order valence-corrected chi connectivity index (χ2v) is 15.5. The smallest absolute Gasteiger partial charge is 0.330 e. The summed E-state index contributed by atoms with van der Waals surface area (Å²) in [5.74, 6) is -1.85. The number of aliphatic hydroxyl groups is 5. The molecule has 2 rings (SSSR count). The molecule has 0 saturated carbocycles. The number of carbonyl (C=O) groups excluding carboxylic acids is 1. The monoisotopic (exact) mass is 741 g/mol. The Labute approximate surface area is 313 Å². The number of carbonyl (C=O) groups is 1. The first-order valence-corrected chi connectivity index (χ1v) is 19.5. The molecule has 2 aliphatic rings. The van der Waals surface area contributed by atoms with Gasteiger partial charge in [0.2, 0.25) is 0 Å². The molecule has 15 atom stereocenters. The molecule has 0 radical (unpaired) electrons. The number of rotatable bonds is 23. The summed E-state index contributed by atoms with van der Waals surface area (Å²) in [4.78, 5) is 11.5. The Balaban J connectivity index is 1.83. The van der Waals surface area contributed by atoms with Gasteiger partial charge in [-0.05, 0) is 71.6 Å². The van der Waals surface area contributed by atoms with Crippen LogP contribution in [0.1, 0.15) is 106 Å². The average Bonchev–Trinajstić information content (AvgIpc) is 3.12. The van der Waals surface area contributed by atoms with E-state index in [1.807, 2.05) is 45.9 Å². The van der Waals surface area contributed by atoms with Gasteiger partial charge in [-0.3, -0.25) is 0 Å². The van der Waals surface area contributed by atoms with Crippen LogP contribution in [0.25, 0.3) is 0 Å². The van der Waals surface area contributed by atoms with E-state index in [4.69, 9.17) is 23.7 Å². The third-order valence-electron chi connectivity index (χ3n) is 11.2. The second kappa shape index (κ2) is 24.0. The Hall–Kier alpha value is -1.67. The summed E-state index contributed by atoms with van der Waals surface area (Å²) in [5, 5.41) is 55.3.